The van der Waals surface area contributed by atoms with Gasteiger partial charge in [0, 0.05) is 69.9 Å². The lowest BCUT2D eigenvalue weighted by Crippen LogP contribution is -2.52. The predicted octanol–water partition coefficient (Wildman–Crippen LogP) is 2.96. The number of pyridine rings is 1. The van der Waals surface area contributed by atoms with Gasteiger partial charge in [-0.2, -0.15) is 5.10 Å². The van der Waals surface area contributed by atoms with E-state index in [0.717, 1.165) is 23.1 Å². The van der Waals surface area contributed by atoms with Crippen molar-refractivity contribution in [3.63, 3.8) is 0 Å². The summed E-state index contributed by atoms with van der Waals surface area (Å²) >= 11 is 0. The van der Waals surface area contributed by atoms with Crippen molar-refractivity contribution in [1.29, 1.82) is 0 Å². The predicted molar refractivity (Wildman–Crippen MR) is 213 cm³/mol. The van der Waals surface area contributed by atoms with Crippen molar-refractivity contribution < 1.29 is 28.3 Å². The van der Waals surface area contributed by atoms with Crippen molar-refractivity contribution in [2.75, 3.05) is 66.1 Å². The van der Waals surface area contributed by atoms with Crippen LogP contribution < -0.4 is 21.5 Å². The van der Waals surface area contributed by atoms with Crippen LogP contribution in [-0.4, -0.2) is 115 Å². The van der Waals surface area contributed by atoms with Crippen LogP contribution in [0.3, 0.4) is 0 Å². The van der Waals surface area contributed by atoms with Crippen LogP contribution in [0.1, 0.15) is 54.9 Å². The third kappa shape index (κ3) is 9.92. The zero-order valence-corrected chi connectivity index (χ0v) is 31.9. The molecule has 0 bridgehead atoms. The number of aromatic nitrogens is 3. The zero-order valence-electron chi connectivity index (χ0n) is 31.9. The number of hydrogen-bond donors (Lipinski definition) is 4. The summed E-state index contributed by atoms with van der Waals surface area (Å²) in [6.07, 6.45) is 2.74. The normalized spacial score (nSPS) is 12.8. The molecule has 1 aliphatic rings. The second-order valence-electron chi connectivity index (χ2n) is 13.5. The van der Waals surface area contributed by atoms with Gasteiger partial charge in [0.15, 0.2) is 0 Å². The maximum Gasteiger partial charge on any atom is 0.272 e. The number of hydrogen-bond acceptors (Lipinski definition) is 9. The first-order chi connectivity index (χ1) is 27.7. The van der Waals surface area contributed by atoms with Crippen molar-refractivity contribution >= 4 is 34.4 Å². The summed E-state index contributed by atoms with van der Waals surface area (Å²) in [7, 11) is 1.50. The Balaban J connectivity index is 0.899. The number of rotatable bonds is 15. The number of benzene rings is 3. The topological polar surface area (TPSA) is 179 Å². The van der Waals surface area contributed by atoms with E-state index in [-0.39, 0.29) is 74.1 Å². The Morgan fingerprint density at radius 1 is 0.825 bits per heavy atom. The zero-order chi connectivity index (χ0) is 40.3. The van der Waals surface area contributed by atoms with Gasteiger partial charge in [0.2, 0.25) is 5.91 Å². The molecule has 5 aromatic rings. The summed E-state index contributed by atoms with van der Waals surface area (Å²) in [4.78, 5) is 71.5. The Morgan fingerprint density at radius 3 is 2.35 bits per heavy atom. The lowest BCUT2D eigenvalue weighted by molar-refractivity contribution is -0.131. The largest absolute Gasteiger partial charge is 0.378 e. The molecule has 4 N–H and O–H groups in total. The highest BCUT2D eigenvalue weighted by molar-refractivity contribution is 6.06. The maximum atomic E-state index is 14.9. The van der Waals surface area contributed by atoms with Gasteiger partial charge in [0.1, 0.15) is 11.5 Å². The molecule has 3 aromatic carbocycles. The highest BCUT2D eigenvalue weighted by atomic mass is 19.1. The van der Waals surface area contributed by atoms with Crippen LogP contribution >= 0.6 is 0 Å². The van der Waals surface area contributed by atoms with Crippen LogP contribution in [0.5, 0.6) is 0 Å². The number of amides is 4. The Kier molecular flexibility index (Phi) is 13.5. The minimum atomic E-state index is -0.637. The minimum Gasteiger partial charge on any atom is -0.378 e. The van der Waals surface area contributed by atoms with Gasteiger partial charge in [-0.1, -0.05) is 55.5 Å². The van der Waals surface area contributed by atoms with Gasteiger partial charge in [-0.25, -0.2) is 14.5 Å². The average molecular weight is 777 g/mol. The molecule has 57 heavy (non-hydrogen) atoms. The molecular weight excluding hydrogens is 732 g/mol. The number of H-pyrrole nitrogens is 1. The molecule has 1 fully saturated rings. The van der Waals surface area contributed by atoms with E-state index in [9.17, 15) is 28.4 Å². The fourth-order valence-corrected chi connectivity index (χ4v) is 6.63. The van der Waals surface area contributed by atoms with Gasteiger partial charge in [0.25, 0.3) is 23.3 Å². The van der Waals surface area contributed by atoms with Crippen molar-refractivity contribution in [3.05, 3.63) is 129 Å². The molecule has 1 saturated heterocycles. The fraction of sp³-hybridized carbons (Fsp3) is 0.310. The number of nitrogens with zero attached hydrogens (tertiary/aromatic N) is 4. The summed E-state index contributed by atoms with van der Waals surface area (Å²) in [5.41, 5.74) is 3.89. The third-order valence-corrected chi connectivity index (χ3v) is 9.80. The van der Waals surface area contributed by atoms with Crippen molar-refractivity contribution in [2.45, 2.75) is 19.8 Å². The summed E-state index contributed by atoms with van der Waals surface area (Å²) in [6, 6.07) is 21.1. The smallest absolute Gasteiger partial charge is 0.272 e. The molecule has 15 heteroatoms. The fourth-order valence-electron chi connectivity index (χ4n) is 6.63. The Hall–Kier alpha value is -6.32. The molecule has 6 rings (SSSR count). The second kappa shape index (κ2) is 19.0. The molecule has 296 valence electrons. The van der Waals surface area contributed by atoms with Crippen molar-refractivity contribution in [1.82, 2.24) is 40.9 Å². The van der Waals surface area contributed by atoms with Gasteiger partial charge in [-0.15, -0.1) is 0 Å². The van der Waals surface area contributed by atoms with E-state index in [4.69, 9.17) is 4.74 Å². The van der Waals surface area contributed by atoms with Gasteiger partial charge >= 0.3 is 0 Å². The monoisotopic (exact) mass is 776 g/mol. The lowest BCUT2D eigenvalue weighted by atomic mass is 10.0. The van der Waals surface area contributed by atoms with Crippen LogP contribution in [0.25, 0.3) is 21.9 Å². The quantitative estimate of drug-likeness (QED) is 0.116. The summed E-state index contributed by atoms with van der Waals surface area (Å²) < 4.78 is 20.5. The molecular formula is C42H45FN8O6. The first-order valence-corrected chi connectivity index (χ1v) is 18.9. The van der Waals surface area contributed by atoms with Gasteiger partial charge in [-0.05, 0) is 47.4 Å². The first kappa shape index (κ1) is 40.3. The molecule has 2 aromatic heterocycles. The highest BCUT2D eigenvalue weighted by Crippen LogP contribution is 2.23. The molecule has 1 aliphatic heterocycles. The van der Waals surface area contributed by atoms with Crippen LogP contribution in [0.2, 0.25) is 0 Å². The molecule has 0 unspecified atom stereocenters. The number of aromatic amines is 1. The van der Waals surface area contributed by atoms with Crippen LogP contribution in [0.4, 0.5) is 4.39 Å². The average Bonchev–Trinajstić information content (AvgIpc) is 3.25. The van der Waals surface area contributed by atoms with Gasteiger partial charge in [-0.3, -0.25) is 24.0 Å². The Labute approximate surface area is 328 Å². The van der Waals surface area contributed by atoms with E-state index in [1.54, 1.807) is 41.4 Å². The van der Waals surface area contributed by atoms with E-state index < -0.39 is 23.5 Å². The highest BCUT2D eigenvalue weighted by Gasteiger charge is 2.27. The number of piperazine rings is 1. The first-order valence-electron chi connectivity index (χ1n) is 18.9. The number of halogens is 1. The standard InChI is InChI=1S/C42H45FN8O6/c1-3-27-7-6-8-29(21-27)30-24-34(39(53)44-2)38(47-25-30)41(55)46-14-20-57-19-13-45-26-37(52)50-15-17-51(18-16-50)42(56)33-22-28(11-12-35(33)43)23-36-31-9-4-5-10-32(31)40(54)49-48-36/h4-12,21-22,24-25,45H,3,13-20,23,26H2,1-2H3,(H,44,53)(H,46,55)(H,49,54). The molecule has 3 heterocycles. The van der Waals surface area contributed by atoms with Gasteiger partial charge < -0.3 is 30.5 Å². The molecule has 0 aliphatic carbocycles. The molecule has 4 amide bonds. The van der Waals surface area contributed by atoms with Crippen LogP contribution in [0.15, 0.2) is 83.8 Å². The Morgan fingerprint density at radius 2 is 1.58 bits per heavy atom. The van der Waals surface area contributed by atoms with E-state index in [2.05, 4.69) is 38.1 Å². The lowest BCUT2D eigenvalue weighted by Gasteiger charge is -2.35. The van der Waals surface area contributed by atoms with E-state index in [1.165, 1.54) is 24.1 Å². The van der Waals surface area contributed by atoms with E-state index in [1.807, 2.05) is 30.3 Å². The van der Waals surface area contributed by atoms with Crippen LogP contribution in [-0.2, 0) is 22.4 Å². The third-order valence-electron chi connectivity index (χ3n) is 9.80. The van der Waals surface area contributed by atoms with E-state index in [0.29, 0.717) is 41.7 Å². The summed E-state index contributed by atoms with van der Waals surface area (Å²) in [6.45, 7) is 4.34. The SMILES string of the molecule is CCc1cccc(-c2cnc(C(=O)NCCOCCNCC(=O)N3CCN(C(=O)c4cc(Cc5n[nH]c(=O)c6ccccc56)ccc4F)CC3)c(C(=O)NC)c2)c1. The summed E-state index contributed by atoms with van der Waals surface area (Å²) in [5.74, 6) is -2.14. The maximum absolute atomic E-state index is 14.9. The molecule has 0 spiro atoms. The second-order valence-corrected chi connectivity index (χ2v) is 13.5. The molecule has 0 atom stereocenters. The van der Waals surface area contributed by atoms with Gasteiger partial charge in [0.05, 0.1) is 42.0 Å². The number of nitrogens with one attached hydrogen (secondary N) is 4. The molecule has 0 radical (unpaired) electrons. The number of carbonyl (C=O) groups is 4. The minimum absolute atomic E-state index is 0.0161. The number of ether oxygens (including phenoxy) is 1. The van der Waals surface area contributed by atoms with E-state index >= 15 is 0 Å². The number of fused-ring (bicyclic) bond motifs is 1. The molecule has 14 nitrogen and oxygen atoms in total. The molecule has 0 saturated carbocycles. The number of aryl methyl sites for hydroxylation is 1. The Bertz CT molecular complexity index is 2320. The number of carbonyl (C=O) groups excluding carboxylic acids is 4. The van der Waals surface area contributed by atoms with Crippen LogP contribution in [0, 0.1) is 5.82 Å². The van der Waals surface area contributed by atoms with Crippen molar-refractivity contribution in [3.8, 4) is 11.1 Å². The summed E-state index contributed by atoms with van der Waals surface area (Å²) in [5, 5.41) is 16.3. The van der Waals surface area contributed by atoms with Crippen molar-refractivity contribution in [2.24, 2.45) is 0 Å².